The second-order valence-corrected chi connectivity index (χ2v) is 7.03. The van der Waals surface area contributed by atoms with Crippen LogP contribution in [0.25, 0.3) is 0 Å². The molecule has 0 aromatic carbocycles. The van der Waals surface area contributed by atoms with E-state index in [1.165, 1.54) is 0 Å². The largest absolute Gasteiger partial charge is 0.391 e. The molecule has 4 rings (SSSR count). The maximum absolute atomic E-state index is 12.2. The van der Waals surface area contributed by atoms with Crippen LogP contribution >= 0.6 is 0 Å². The van der Waals surface area contributed by atoms with Crippen LogP contribution in [0, 0.1) is 0 Å². The van der Waals surface area contributed by atoms with Crippen molar-refractivity contribution in [1.29, 1.82) is 0 Å². The number of rotatable bonds is 4. The van der Waals surface area contributed by atoms with Crippen molar-refractivity contribution < 1.29 is 9.90 Å². The molecule has 25 heavy (non-hydrogen) atoms. The number of aromatic nitrogens is 3. The number of hydrogen-bond acceptors (Lipinski definition) is 5. The molecule has 2 aliphatic rings. The Bertz CT molecular complexity index is 768. The summed E-state index contributed by atoms with van der Waals surface area (Å²) in [5.74, 6) is 1.22. The summed E-state index contributed by atoms with van der Waals surface area (Å²) in [7, 11) is 1.87. The highest BCUT2D eigenvalue weighted by molar-refractivity contribution is 5.93. The summed E-state index contributed by atoms with van der Waals surface area (Å²) in [6.45, 7) is 1.47. The zero-order chi connectivity index (χ0) is 17.4. The van der Waals surface area contributed by atoms with Gasteiger partial charge in [0.25, 0.3) is 5.91 Å². The fourth-order valence-corrected chi connectivity index (χ4v) is 3.64. The number of nitrogens with zero attached hydrogens (tertiary/aromatic N) is 4. The third-order valence-electron chi connectivity index (χ3n) is 5.23. The van der Waals surface area contributed by atoms with Crippen molar-refractivity contribution in [3.63, 3.8) is 0 Å². The second kappa shape index (κ2) is 6.48. The average molecular weight is 341 g/mol. The lowest BCUT2D eigenvalue weighted by molar-refractivity contribution is 0.0900. The summed E-state index contributed by atoms with van der Waals surface area (Å²) in [4.78, 5) is 23.1. The minimum absolute atomic E-state index is 0.0228. The van der Waals surface area contributed by atoms with Crippen LogP contribution in [0.4, 0.5) is 5.82 Å². The van der Waals surface area contributed by atoms with Crippen molar-refractivity contribution in [1.82, 2.24) is 19.9 Å². The van der Waals surface area contributed by atoms with E-state index in [1.807, 2.05) is 36.0 Å². The molecule has 2 aromatic rings. The van der Waals surface area contributed by atoms with E-state index in [4.69, 9.17) is 0 Å². The van der Waals surface area contributed by atoms with Gasteiger partial charge in [-0.15, -0.1) is 0 Å². The van der Waals surface area contributed by atoms with E-state index in [-0.39, 0.29) is 18.1 Å². The number of carbonyl (C=O) groups excluding carboxylic acids is 1. The average Bonchev–Trinajstić information content (AvgIpc) is 3.19. The van der Waals surface area contributed by atoms with Crippen LogP contribution in [0.15, 0.2) is 30.7 Å². The molecule has 1 atom stereocenters. The van der Waals surface area contributed by atoms with Gasteiger partial charge in [-0.25, -0.2) is 9.97 Å². The molecule has 1 saturated heterocycles. The summed E-state index contributed by atoms with van der Waals surface area (Å²) in [5.41, 5.74) is 1.70. The van der Waals surface area contributed by atoms with Gasteiger partial charge in [-0.3, -0.25) is 4.79 Å². The van der Waals surface area contributed by atoms with Crippen molar-refractivity contribution in [2.75, 3.05) is 18.0 Å². The van der Waals surface area contributed by atoms with Gasteiger partial charge in [0.1, 0.15) is 17.8 Å². The molecule has 1 aliphatic heterocycles. The van der Waals surface area contributed by atoms with Gasteiger partial charge in [-0.05, 0) is 31.4 Å². The van der Waals surface area contributed by atoms with E-state index in [1.54, 1.807) is 6.33 Å². The van der Waals surface area contributed by atoms with Crippen molar-refractivity contribution in [3.05, 3.63) is 42.1 Å². The molecule has 0 unspecified atom stereocenters. The third kappa shape index (κ3) is 3.24. The van der Waals surface area contributed by atoms with E-state index >= 15 is 0 Å². The number of aliphatic hydroxyl groups is 1. The lowest BCUT2D eigenvalue weighted by Crippen LogP contribution is -2.44. The molecular formula is C18H23N5O2. The van der Waals surface area contributed by atoms with Crippen LogP contribution in [0.5, 0.6) is 0 Å². The number of nitrogens with one attached hydrogen (secondary N) is 1. The Morgan fingerprint density at radius 2 is 2.20 bits per heavy atom. The van der Waals surface area contributed by atoms with E-state index in [9.17, 15) is 9.90 Å². The maximum atomic E-state index is 12.2. The summed E-state index contributed by atoms with van der Waals surface area (Å²) < 4.78 is 1.83. The first-order valence-corrected chi connectivity index (χ1v) is 8.77. The van der Waals surface area contributed by atoms with Crippen molar-refractivity contribution in [3.8, 4) is 0 Å². The monoisotopic (exact) mass is 341 g/mol. The predicted octanol–water partition coefficient (Wildman–Crippen LogP) is 1.06. The molecule has 1 aliphatic carbocycles. The van der Waals surface area contributed by atoms with Crippen LogP contribution in [0.3, 0.4) is 0 Å². The summed E-state index contributed by atoms with van der Waals surface area (Å²) in [5, 5.41) is 12.8. The zero-order valence-electron chi connectivity index (χ0n) is 14.3. The van der Waals surface area contributed by atoms with Gasteiger partial charge in [0.05, 0.1) is 6.10 Å². The van der Waals surface area contributed by atoms with E-state index in [0.717, 1.165) is 37.3 Å². The quantitative estimate of drug-likeness (QED) is 0.869. The van der Waals surface area contributed by atoms with Crippen molar-refractivity contribution in [2.45, 2.75) is 37.3 Å². The lowest BCUT2D eigenvalue weighted by atomic mass is 9.78. The number of aliphatic hydroxyl groups excluding tert-OH is 1. The van der Waals surface area contributed by atoms with Gasteiger partial charge in [-0.1, -0.05) is 0 Å². The number of anilines is 1. The normalized spacial score (nSPS) is 25.7. The first-order valence-electron chi connectivity index (χ1n) is 8.77. The van der Waals surface area contributed by atoms with E-state index < -0.39 is 0 Å². The topological polar surface area (TPSA) is 83.3 Å². The SMILES string of the molecule is Cn1cccc1C(=O)NC1CC(c2cc(N3CC[C@H](O)C3)ncn2)C1. The summed E-state index contributed by atoms with van der Waals surface area (Å²) in [6, 6.07) is 5.92. The molecular weight excluding hydrogens is 318 g/mol. The number of hydrogen-bond donors (Lipinski definition) is 2. The molecule has 2 fully saturated rings. The zero-order valence-corrected chi connectivity index (χ0v) is 14.3. The standard InChI is InChI=1S/C18H23N5O2/c1-22-5-2-3-16(22)18(25)21-13-7-12(8-13)15-9-17(20-11-19-15)23-6-4-14(24)10-23/h2-3,5,9,11-14,24H,4,6-8,10H2,1H3,(H,21,25)/t12?,13?,14-/m0/s1. The molecule has 0 bridgehead atoms. The number of aryl methyl sites for hydroxylation is 1. The predicted molar refractivity (Wildman–Crippen MR) is 93.5 cm³/mol. The van der Waals surface area contributed by atoms with Crippen molar-refractivity contribution in [2.24, 2.45) is 7.05 Å². The van der Waals surface area contributed by atoms with Crippen LogP contribution < -0.4 is 10.2 Å². The summed E-state index contributed by atoms with van der Waals surface area (Å²) in [6.07, 6.45) is 5.79. The molecule has 7 heteroatoms. The highest BCUT2D eigenvalue weighted by atomic mass is 16.3. The Morgan fingerprint density at radius 1 is 1.36 bits per heavy atom. The minimum Gasteiger partial charge on any atom is -0.391 e. The Labute approximate surface area is 146 Å². The minimum atomic E-state index is -0.265. The Kier molecular flexibility index (Phi) is 4.17. The molecule has 7 nitrogen and oxygen atoms in total. The fourth-order valence-electron chi connectivity index (χ4n) is 3.64. The number of β-amino-alcohol motifs (C(OH)–C–C–N with tert-alkyl or cyclic N) is 1. The fraction of sp³-hybridized carbons (Fsp3) is 0.500. The first kappa shape index (κ1) is 16.1. The molecule has 1 saturated carbocycles. The van der Waals surface area contributed by atoms with Crippen molar-refractivity contribution >= 4 is 11.7 Å². The van der Waals surface area contributed by atoms with E-state index in [0.29, 0.717) is 18.2 Å². The maximum Gasteiger partial charge on any atom is 0.268 e. The highest BCUT2D eigenvalue weighted by Gasteiger charge is 2.33. The lowest BCUT2D eigenvalue weighted by Gasteiger charge is -2.35. The molecule has 0 radical (unpaired) electrons. The van der Waals surface area contributed by atoms with Gasteiger partial charge < -0.3 is 19.9 Å². The molecule has 0 spiro atoms. The first-order chi connectivity index (χ1) is 12.1. The Balaban J connectivity index is 1.35. The van der Waals surface area contributed by atoms with Crippen LogP contribution in [0.2, 0.25) is 0 Å². The Hall–Kier alpha value is -2.41. The molecule has 3 heterocycles. The smallest absolute Gasteiger partial charge is 0.268 e. The van der Waals surface area contributed by atoms with Gasteiger partial charge in [0.2, 0.25) is 0 Å². The van der Waals surface area contributed by atoms with E-state index in [2.05, 4.69) is 20.2 Å². The van der Waals surface area contributed by atoms with Crippen LogP contribution in [-0.2, 0) is 7.05 Å². The van der Waals surface area contributed by atoms with Gasteiger partial charge in [-0.2, -0.15) is 0 Å². The van der Waals surface area contributed by atoms with Gasteiger partial charge in [0, 0.05) is 50.1 Å². The molecule has 132 valence electrons. The Morgan fingerprint density at radius 3 is 2.88 bits per heavy atom. The molecule has 2 aromatic heterocycles. The summed E-state index contributed by atoms with van der Waals surface area (Å²) >= 11 is 0. The molecule has 1 amide bonds. The van der Waals surface area contributed by atoms with Gasteiger partial charge in [0.15, 0.2) is 0 Å². The second-order valence-electron chi connectivity index (χ2n) is 7.03. The third-order valence-corrected chi connectivity index (χ3v) is 5.23. The molecule has 2 N–H and O–H groups in total. The number of amides is 1. The van der Waals surface area contributed by atoms with Crippen LogP contribution in [0.1, 0.15) is 41.4 Å². The van der Waals surface area contributed by atoms with Crippen LogP contribution in [-0.4, -0.2) is 50.8 Å². The highest BCUT2D eigenvalue weighted by Crippen LogP contribution is 2.37. The van der Waals surface area contributed by atoms with Gasteiger partial charge >= 0.3 is 0 Å². The number of carbonyl (C=O) groups is 1.